The average molecular weight is 434 g/mol. The summed E-state index contributed by atoms with van der Waals surface area (Å²) in [6, 6.07) is 15.3. The third-order valence-electron chi connectivity index (χ3n) is 5.95. The van der Waals surface area contributed by atoms with E-state index in [9.17, 15) is 4.79 Å². The molecule has 0 saturated carbocycles. The fourth-order valence-corrected chi connectivity index (χ4v) is 4.24. The first-order valence-electron chi connectivity index (χ1n) is 11.0. The number of anilines is 1. The zero-order chi connectivity index (χ0) is 21.9. The summed E-state index contributed by atoms with van der Waals surface area (Å²) in [6.45, 7) is 2.43. The third kappa shape index (κ3) is 4.12. The minimum atomic E-state index is -0.549. The lowest BCUT2D eigenvalue weighted by molar-refractivity contribution is -0.139. The van der Waals surface area contributed by atoms with Crippen molar-refractivity contribution >= 4 is 11.6 Å². The van der Waals surface area contributed by atoms with Crippen LogP contribution in [0.25, 0.3) is 11.4 Å². The number of rotatable bonds is 5. The second-order valence-corrected chi connectivity index (χ2v) is 8.08. The molecule has 8 heteroatoms. The van der Waals surface area contributed by atoms with E-state index in [4.69, 9.17) is 14.0 Å². The quantitative estimate of drug-likeness (QED) is 0.608. The lowest BCUT2D eigenvalue weighted by atomic mass is 10.1. The van der Waals surface area contributed by atoms with Crippen LogP contribution in [0.2, 0.25) is 0 Å². The number of aromatic nitrogens is 2. The Bertz CT molecular complexity index is 1080. The number of likely N-dealkylation sites (tertiary alicyclic amines) is 1. The van der Waals surface area contributed by atoms with E-state index in [2.05, 4.69) is 15.0 Å². The smallest absolute Gasteiger partial charge is 0.265 e. The van der Waals surface area contributed by atoms with Gasteiger partial charge in [0.25, 0.3) is 5.91 Å². The molecule has 1 fully saturated rings. The lowest BCUT2D eigenvalue weighted by Gasteiger charge is -2.37. The molecule has 2 aliphatic heterocycles. The molecule has 8 nitrogen and oxygen atoms in total. The molecule has 1 unspecified atom stereocenters. The molecule has 1 atom stereocenters. The van der Waals surface area contributed by atoms with Crippen molar-refractivity contribution in [1.29, 1.82) is 0 Å². The van der Waals surface area contributed by atoms with Crippen molar-refractivity contribution < 1.29 is 18.8 Å². The number of amides is 1. The van der Waals surface area contributed by atoms with Gasteiger partial charge in [-0.15, -0.1) is 0 Å². The number of para-hydroxylation sites is 2. The van der Waals surface area contributed by atoms with Crippen molar-refractivity contribution in [1.82, 2.24) is 15.0 Å². The standard InChI is InChI=1S/C24H26N4O4/c1-30-18-11-9-17(10-12-18)23-25-22(32-26-23)16-28-15-21(24(29)27-13-5-2-6-14-27)31-20-8-4-3-7-19(20)28/h3-4,7-12,21H,2,5-6,13-16H2,1H3. The van der Waals surface area contributed by atoms with Crippen molar-refractivity contribution in [2.75, 3.05) is 31.6 Å². The van der Waals surface area contributed by atoms with Crippen LogP contribution < -0.4 is 14.4 Å². The molecular weight excluding hydrogens is 408 g/mol. The molecule has 1 saturated heterocycles. The molecule has 166 valence electrons. The van der Waals surface area contributed by atoms with E-state index in [1.807, 2.05) is 53.4 Å². The predicted octanol–water partition coefficient (Wildman–Crippen LogP) is 3.53. The topological polar surface area (TPSA) is 80.9 Å². The largest absolute Gasteiger partial charge is 0.497 e. The fourth-order valence-electron chi connectivity index (χ4n) is 4.24. The number of methoxy groups -OCH3 is 1. The van der Waals surface area contributed by atoms with Gasteiger partial charge >= 0.3 is 0 Å². The Kier molecular flexibility index (Phi) is 5.66. The van der Waals surface area contributed by atoms with Crippen LogP contribution >= 0.6 is 0 Å². The molecule has 0 aliphatic carbocycles. The van der Waals surface area contributed by atoms with Crippen molar-refractivity contribution in [2.24, 2.45) is 0 Å². The second-order valence-electron chi connectivity index (χ2n) is 8.08. The average Bonchev–Trinajstić information content (AvgIpc) is 3.32. The molecule has 0 bridgehead atoms. The molecule has 0 spiro atoms. The van der Waals surface area contributed by atoms with Gasteiger partial charge in [0.1, 0.15) is 11.5 Å². The molecule has 0 radical (unpaired) electrons. The van der Waals surface area contributed by atoms with Crippen LogP contribution in [-0.2, 0) is 11.3 Å². The molecule has 3 heterocycles. The Labute approximate surface area is 186 Å². The van der Waals surface area contributed by atoms with Gasteiger partial charge in [0.15, 0.2) is 6.10 Å². The number of nitrogens with zero attached hydrogens (tertiary/aromatic N) is 4. The van der Waals surface area contributed by atoms with Crippen LogP contribution in [0.15, 0.2) is 53.1 Å². The van der Waals surface area contributed by atoms with E-state index in [0.717, 1.165) is 42.9 Å². The van der Waals surface area contributed by atoms with Gasteiger partial charge in [0.2, 0.25) is 11.7 Å². The van der Waals surface area contributed by atoms with E-state index in [0.29, 0.717) is 30.6 Å². The van der Waals surface area contributed by atoms with Gasteiger partial charge in [-0.2, -0.15) is 4.98 Å². The summed E-state index contributed by atoms with van der Waals surface area (Å²) in [5.41, 5.74) is 1.76. The van der Waals surface area contributed by atoms with Crippen LogP contribution in [0.5, 0.6) is 11.5 Å². The highest BCUT2D eigenvalue weighted by Crippen LogP contribution is 2.34. The summed E-state index contributed by atoms with van der Waals surface area (Å²) in [5.74, 6) is 2.52. The number of fused-ring (bicyclic) bond motifs is 1. The number of carbonyl (C=O) groups is 1. The van der Waals surface area contributed by atoms with Crippen LogP contribution in [0, 0.1) is 0 Å². The lowest BCUT2D eigenvalue weighted by Crippen LogP contribution is -2.51. The van der Waals surface area contributed by atoms with Crippen molar-refractivity contribution in [3.63, 3.8) is 0 Å². The van der Waals surface area contributed by atoms with Crippen LogP contribution in [0.1, 0.15) is 25.2 Å². The maximum absolute atomic E-state index is 13.1. The number of hydrogen-bond acceptors (Lipinski definition) is 7. The summed E-state index contributed by atoms with van der Waals surface area (Å²) in [6.07, 6.45) is 2.73. The van der Waals surface area contributed by atoms with E-state index in [1.165, 1.54) is 6.42 Å². The van der Waals surface area contributed by atoms with E-state index in [1.54, 1.807) is 7.11 Å². The SMILES string of the molecule is COc1ccc(-c2noc(CN3CC(C(=O)N4CCCCC4)Oc4ccccc43)n2)cc1. The molecule has 32 heavy (non-hydrogen) atoms. The molecule has 5 rings (SSSR count). The number of ether oxygens (including phenoxy) is 2. The van der Waals surface area contributed by atoms with Gasteiger partial charge in [-0.1, -0.05) is 17.3 Å². The van der Waals surface area contributed by atoms with Gasteiger partial charge in [-0.3, -0.25) is 4.79 Å². The van der Waals surface area contributed by atoms with E-state index in [-0.39, 0.29) is 5.91 Å². The maximum Gasteiger partial charge on any atom is 0.265 e. The molecule has 2 aromatic carbocycles. The third-order valence-corrected chi connectivity index (χ3v) is 5.95. The fraction of sp³-hybridized carbons (Fsp3) is 0.375. The monoisotopic (exact) mass is 434 g/mol. The second kappa shape index (κ2) is 8.90. The van der Waals surface area contributed by atoms with Gasteiger partial charge in [-0.05, 0) is 55.7 Å². The van der Waals surface area contributed by atoms with Crippen LogP contribution in [-0.4, -0.2) is 53.8 Å². The summed E-state index contributed by atoms with van der Waals surface area (Å²) < 4.78 is 16.8. The Morgan fingerprint density at radius 3 is 2.66 bits per heavy atom. The first kappa shape index (κ1) is 20.4. The Balaban J connectivity index is 1.35. The number of hydrogen-bond donors (Lipinski definition) is 0. The Hall–Kier alpha value is -3.55. The van der Waals surface area contributed by atoms with Crippen LogP contribution in [0.3, 0.4) is 0 Å². The van der Waals surface area contributed by atoms with Crippen molar-refractivity contribution in [3.8, 4) is 22.9 Å². The molecule has 2 aliphatic rings. The highest BCUT2D eigenvalue weighted by molar-refractivity contribution is 5.83. The molecular formula is C24H26N4O4. The van der Waals surface area contributed by atoms with Gasteiger partial charge in [0, 0.05) is 18.7 Å². The zero-order valence-electron chi connectivity index (χ0n) is 18.1. The van der Waals surface area contributed by atoms with E-state index < -0.39 is 6.10 Å². The molecule has 1 amide bonds. The number of piperidine rings is 1. The maximum atomic E-state index is 13.1. The van der Waals surface area contributed by atoms with Gasteiger partial charge < -0.3 is 23.8 Å². The first-order valence-corrected chi connectivity index (χ1v) is 11.0. The summed E-state index contributed by atoms with van der Waals surface area (Å²) in [4.78, 5) is 21.7. The molecule has 0 N–H and O–H groups in total. The minimum absolute atomic E-state index is 0.0497. The normalized spacial score (nSPS) is 18.1. The summed E-state index contributed by atoms with van der Waals surface area (Å²) in [5, 5.41) is 4.13. The molecule has 3 aromatic rings. The minimum Gasteiger partial charge on any atom is -0.497 e. The van der Waals surface area contributed by atoms with Crippen LogP contribution in [0.4, 0.5) is 5.69 Å². The predicted molar refractivity (Wildman–Crippen MR) is 119 cm³/mol. The number of carbonyl (C=O) groups excluding carboxylic acids is 1. The summed E-state index contributed by atoms with van der Waals surface area (Å²) in [7, 11) is 1.63. The van der Waals surface area contributed by atoms with Crippen molar-refractivity contribution in [2.45, 2.75) is 31.9 Å². The highest BCUT2D eigenvalue weighted by atomic mass is 16.5. The zero-order valence-corrected chi connectivity index (χ0v) is 18.1. The Morgan fingerprint density at radius 1 is 1.09 bits per heavy atom. The molecule has 1 aromatic heterocycles. The highest BCUT2D eigenvalue weighted by Gasteiger charge is 2.34. The van der Waals surface area contributed by atoms with Crippen molar-refractivity contribution in [3.05, 3.63) is 54.4 Å². The number of benzene rings is 2. The van der Waals surface area contributed by atoms with Gasteiger partial charge in [0.05, 0.1) is 25.9 Å². The van der Waals surface area contributed by atoms with E-state index >= 15 is 0 Å². The Morgan fingerprint density at radius 2 is 1.88 bits per heavy atom. The first-order chi connectivity index (χ1) is 15.7. The van der Waals surface area contributed by atoms with Gasteiger partial charge in [-0.25, -0.2) is 0 Å². The summed E-state index contributed by atoms with van der Waals surface area (Å²) >= 11 is 0.